The second-order valence-electron chi connectivity index (χ2n) is 8.76. The zero-order chi connectivity index (χ0) is 20.4. The normalized spacial score (nSPS) is 28.8. The van der Waals surface area contributed by atoms with Gasteiger partial charge in [-0.3, -0.25) is 14.5 Å². The number of thiazole rings is 1. The lowest BCUT2D eigenvalue weighted by molar-refractivity contribution is -0.140. The molecule has 0 aromatic carbocycles. The number of carbonyl (C=O) groups excluding carboxylic acids is 2. The van der Waals surface area contributed by atoms with Gasteiger partial charge in [-0.05, 0) is 39.5 Å². The third kappa shape index (κ3) is 4.98. The fourth-order valence-electron chi connectivity index (χ4n) is 4.98. The minimum Gasteiger partial charge on any atom is -0.373 e. The zero-order valence-corrected chi connectivity index (χ0v) is 18.2. The number of aromatic nitrogens is 1. The maximum Gasteiger partial charge on any atom is 0.248 e. The second-order valence-corrected chi connectivity index (χ2v) is 9.61. The summed E-state index contributed by atoms with van der Waals surface area (Å²) in [6.45, 7) is 7.43. The summed E-state index contributed by atoms with van der Waals surface area (Å²) in [5.41, 5.74) is 0.969. The smallest absolute Gasteiger partial charge is 0.248 e. The molecule has 1 aliphatic carbocycles. The van der Waals surface area contributed by atoms with Gasteiger partial charge < -0.3 is 15.0 Å². The maximum absolute atomic E-state index is 12.9. The quantitative estimate of drug-likeness (QED) is 0.793. The van der Waals surface area contributed by atoms with Gasteiger partial charge in [-0.15, -0.1) is 11.3 Å². The van der Waals surface area contributed by atoms with Crippen LogP contribution in [0, 0.1) is 5.92 Å². The van der Waals surface area contributed by atoms with Crippen molar-refractivity contribution in [3.63, 3.8) is 0 Å². The highest BCUT2D eigenvalue weighted by atomic mass is 32.1. The van der Waals surface area contributed by atoms with Crippen LogP contribution in [0.1, 0.15) is 58.1 Å². The van der Waals surface area contributed by atoms with Crippen molar-refractivity contribution in [2.24, 2.45) is 5.92 Å². The number of morpholine rings is 1. The molecule has 1 aromatic rings. The number of hydrogen-bond donors (Lipinski definition) is 1. The number of nitrogens with one attached hydrogen (secondary N) is 1. The van der Waals surface area contributed by atoms with Crippen molar-refractivity contribution in [1.29, 1.82) is 0 Å². The van der Waals surface area contributed by atoms with Gasteiger partial charge in [0.15, 0.2) is 5.13 Å². The number of nitrogens with zero attached hydrogens (tertiary/aromatic N) is 3. The van der Waals surface area contributed by atoms with Crippen molar-refractivity contribution in [1.82, 2.24) is 14.8 Å². The summed E-state index contributed by atoms with van der Waals surface area (Å²) in [4.78, 5) is 34.5. The summed E-state index contributed by atoms with van der Waals surface area (Å²) in [5, 5.41) is 5.60. The Labute approximate surface area is 176 Å². The first-order valence-electron chi connectivity index (χ1n) is 10.9. The summed E-state index contributed by atoms with van der Waals surface area (Å²) in [7, 11) is 0. The molecule has 0 radical (unpaired) electrons. The van der Waals surface area contributed by atoms with Crippen LogP contribution in [0.4, 0.5) is 5.13 Å². The Bertz CT molecular complexity index is 723. The summed E-state index contributed by atoms with van der Waals surface area (Å²) >= 11 is 1.46. The van der Waals surface area contributed by atoms with Crippen LogP contribution in [0.5, 0.6) is 0 Å². The van der Waals surface area contributed by atoms with E-state index in [2.05, 4.69) is 29.0 Å². The van der Waals surface area contributed by atoms with E-state index in [0.29, 0.717) is 11.7 Å². The molecule has 29 heavy (non-hydrogen) atoms. The van der Waals surface area contributed by atoms with Crippen LogP contribution in [0.15, 0.2) is 5.38 Å². The van der Waals surface area contributed by atoms with Crippen LogP contribution >= 0.6 is 11.3 Å². The first-order chi connectivity index (χ1) is 14.0. The summed E-state index contributed by atoms with van der Waals surface area (Å²) in [6, 6.07) is -0.351. The number of likely N-dealkylation sites (tertiary alicyclic amines) is 1. The van der Waals surface area contributed by atoms with Crippen LogP contribution in [0.25, 0.3) is 0 Å². The monoisotopic (exact) mass is 420 g/mol. The van der Waals surface area contributed by atoms with E-state index in [4.69, 9.17) is 4.74 Å². The molecule has 0 bridgehead atoms. The lowest BCUT2D eigenvalue weighted by Gasteiger charge is -2.34. The van der Waals surface area contributed by atoms with Crippen molar-refractivity contribution in [2.45, 2.75) is 77.2 Å². The van der Waals surface area contributed by atoms with E-state index in [-0.39, 0.29) is 36.0 Å². The topological polar surface area (TPSA) is 74.8 Å². The summed E-state index contributed by atoms with van der Waals surface area (Å²) in [6.07, 6.45) is 6.29. The average Bonchev–Trinajstić information content (AvgIpc) is 3.42. The van der Waals surface area contributed by atoms with E-state index < -0.39 is 0 Å². The Morgan fingerprint density at radius 3 is 2.62 bits per heavy atom. The molecule has 2 saturated heterocycles. The molecule has 8 heteroatoms. The van der Waals surface area contributed by atoms with Crippen molar-refractivity contribution in [3.8, 4) is 0 Å². The molecular formula is C21H32N4O3S. The lowest BCUT2D eigenvalue weighted by Crippen LogP contribution is -2.45. The highest BCUT2D eigenvalue weighted by Gasteiger charge is 2.38. The molecule has 1 aromatic heterocycles. The number of rotatable bonds is 5. The van der Waals surface area contributed by atoms with Crippen LogP contribution in [0.3, 0.4) is 0 Å². The number of anilines is 1. The molecule has 3 atom stereocenters. The third-order valence-corrected chi connectivity index (χ3v) is 7.01. The van der Waals surface area contributed by atoms with E-state index in [1.807, 2.05) is 10.3 Å². The van der Waals surface area contributed by atoms with Gasteiger partial charge in [-0.25, -0.2) is 4.98 Å². The van der Waals surface area contributed by atoms with Gasteiger partial charge in [0.2, 0.25) is 11.8 Å². The van der Waals surface area contributed by atoms with Crippen LogP contribution < -0.4 is 5.32 Å². The van der Waals surface area contributed by atoms with Gasteiger partial charge in [-0.2, -0.15) is 0 Å². The molecule has 7 nitrogen and oxygen atoms in total. The molecule has 3 unspecified atom stereocenters. The Balaban J connectivity index is 1.33. The molecule has 2 amide bonds. The van der Waals surface area contributed by atoms with Crippen molar-refractivity contribution in [3.05, 3.63) is 11.1 Å². The van der Waals surface area contributed by atoms with Gasteiger partial charge in [0.1, 0.15) is 6.04 Å². The number of hydrogen-bond acceptors (Lipinski definition) is 6. The van der Waals surface area contributed by atoms with Crippen LogP contribution in [-0.2, 0) is 20.9 Å². The summed E-state index contributed by atoms with van der Waals surface area (Å²) in [5.74, 6) is 0.201. The molecule has 0 spiro atoms. The average molecular weight is 421 g/mol. The third-order valence-electron chi connectivity index (χ3n) is 6.21. The van der Waals surface area contributed by atoms with Gasteiger partial charge in [0, 0.05) is 37.5 Å². The van der Waals surface area contributed by atoms with Crippen molar-refractivity contribution < 1.29 is 14.3 Å². The van der Waals surface area contributed by atoms with E-state index in [1.165, 1.54) is 11.3 Å². The highest BCUT2D eigenvalue weighted by molar-refractivity contribution is 7.13. The first-order valence-corrected chi connectivity index (χ1v) is 11.8. The van der Waals surface area contributed by atoms with Crippen molar-refractivity contribution in [2.75, 3.05) is 25.0 Å². The maximum atomic E-state index is 12.9. The van der Waals surface area contributed by atoms with Gasteiger partial charge >= 0.3 is 0 Å². The molecular weight excluding hydrogens is 388 g/mol. The summed E-state index contributed by atoms with van der Waals surface area (Å²) < 4.78 is 5.79. The molecule has 1 saturated carbocycles. The predicted octanol–water partition coefficient (Wildman–Crippen LogP) is 2.87. The Hall–Kier alpha value is -1.51. The Morgan fingerprint density at radius 2 is 1.90 bits per heavy atom. The van der Waals surface area contributed by atoms with E-state index in [1.54, 1.807) is 0 Å². The van der Waals surface area contributed by atoms with E-state index in [9.17, 15) is 9.59 Å². The van der Waals surface area contributed by atoms with E-state index >= 15 is 0 Å². The highest BCUT2D eigenvalue weighted by Crippen LogP contribution is 2.30. The van der Waals surface area contributed by atoms with Gasteiger partial charge in [-0.1, -0.05) is 12.8 Å². The fourth-order valence-corrected chi connectivity index (χ4v) is 5.68. The van der Waals surface area contributed by atoms with Gasteiger partial charge in [0.05, 0.1) is 17.9 Å². The number of ether oxygens (including phenoxy) is 1. The fraction of sp³-hybridized carbons (Fsp3) is 0.762. The number of carbonyl (C=O) groups is 2. The number of amides is 2. The minimum absolute atomic E-state index is 0.0941. The lowest BCUT2D eigenvalue weighted by atomic mass is 10.1. The molecule has 3 fully saturated rings. The molecule has 3 aliphatic rings. The van der Waals surface area contributed by atoms with Crippen molar-refractivity contribution >= 4 is 28.3 Å². The molecule has 2 aliphatic heterocycles. The van der Waals surface area contributed by atoms with Crippen LogP contribution in [-0.4, -0.2) is 64.5 Å². The SMILES string of the molecule is CC1CN(Cc2csc(NC(=O)C3CCCN3C(=O)C3CCCC3)n2)CC(C)O1. The minimum atomic E-state index is -0.351. The Kier molecular flexibility index (Phi) is 6.51. The molecule has 4 rings (SSSR count). The van der Waals surface area contributed by atoms with E-state index in [0.717, 1.165) is 63.9 Å². The molecule has 160 valence electrons. The largest absolute Gasteiger partial charge is 0.373 e. The predicted molar refractivity (Wildman–Crippen MR) is 113 cm³/mol. The Morgan fingerprint density at radius 1 is 1.17 bits per heavy atom. The zero-order valence-electron chi connectivity index (χ0n) is 17.4. The van der Waals surface area contributed by atoms with Crippen LogP contribution in [0.2, 0.25) is 0 Å². The molecule has 1 N–H and O–H groups in total. The molecule has 3 heterocycles. The first kappa shape index (κ1) is 20.8. The van der Waals surface area contributed by atoms with Gasteiger partial charge in [0.25, 0.3) is 0 Å². The second kappa shape index (κ2) is 9.10. The standard InChI is InChI=1S/C21H32N4O3S/c1-14-10-24(11-15(2)28-14)12-17-13-29-21(22-17)23-19(26)18-8-5-9-25(18)20(27)16-6-3-4-7-16/h13-16,18H,3-12H2,1-2H3,(H,22,23,26).